The lowest BCUT2D eigenvalue weighted by atomic mass is 10.0. The molecule has 0 saturated carbocycles. The fourth-order valence-electron chi connectivity index (χ4n) is 2.63. The maximum Gasteiger partial charge on any atom is 0.303 e. The minimum atomic E-state index is -0.869. The molecule has 25 heavy (non-hydrogen) atoms. The van der Waals surface area contributed by atoms with Crippen molar-refractivity contribution in [3.8, 4) is 5.75 Å². The summed E-state index contributed by atoms with van der Waals surface area (Å²) in [5.74, 6) is -0.199. The molecule has 0 radical (unpaired) electrons. The van der Waals surface area contributed by atoms with E-state index in [1.54, 1.807) is 7.11 Å². The lowest BCUT2D eigenvalue weighted by molar-refractivity contribution is -0.137. The molecule has 0 saturated heterocycles. The Morgan fingerprint density at radius 1 is 1.08 bits per heavy atom. The van der Waals surface area contributed by atoms with Gasteiger partial charge in [-0.25, -0.2) is 0 Å². The molecule has 0 aliphatic heterocycles. The van der Waals surface area contributed by atoms with E-state index in [-0.39, 0.29) is 18.4 Å². The molecule has 0 aromatic heterocycles. The van der Waals surface area contributed by atoms with Crippen molar-refractivity contribution in [2.24, 2.45) is 0 Å². The normalized spacial score (nSPS) is 11.6. The minimum absolute atomic E-state index is 0.00965. The number of hydrogen-bond acceptors (Lipinski definition) is 3. The highest BCUT2D eigenvalue weighted by Crippen LogP contribution is 2.19. The number of carboxylic acid groups (broad SMARTS) is 1. The van der Waals surface area contributed by atoms with E-state index in [1.807, 2.05) is 54.6 Å². The summed E-state index contributed by atoms with van der Waals surface area (Å²) >= 11 is 0. The van der Waals surface area contributed by atoms with E-state index in [9.17, 15) is 9.59 Å². The van der Waals surface area contributed by atoms with Crippen molar-refractivity contribution in [1.82, 2.24) is 5.32 Å². The molecule has 2 rings (SSSR count). The van der Waals surface area contributed by atoms with E-state index in [2.05, 4.69) is 5.32 Å². The number of carbonyl (C=O) groups excluding carboxylic acids is 1. The van der Waals surface area contributed by atoms with Gasteiger partial charge < -0.3 is 15.2 Å². The van der Waals surface area contributed by atoms with Gasteiger partial charge in [-0.15, -0.1) is 0 Å². The molecular weight excluding hydrogens is 318 g/mol. The monoisotopic (exact) mass is 341 g/mol. The summed E-state index contributed by atoms with van der Waals surface area (Å²) in [5, 5.41) is 11.9. The quantitative estimate of drug-likeness (QED) is 0.733. The van der Waals surface area contributed by atoms with E-state index in [0.29, 0.717) is 19.3 Å². The molecule has 0 spiro atoms. The Morgan fingerprint density at radius 2 is 1.84 bits per heavy atom. The lowest BCUT2D eigenvalue weighted by Crippen LogP contribution is -2.29. The van der Waals surface area contributed by atoms with Gasteiger partial charge in [-0.2, -0.15) is 0 Å². The fraction of sp³-hybridized carbons (Fsp3) is 0.300. The second-order valence-corrected chi connectivity index (χ2v) is 5.81. The van der Waals surface area contributed by atoms with Crippen molar-refractivity contribution in [2.75, 3.05) is 7.11 Å². The third kappa shape index (κ3) is 6.30. The van der Waals surface area contributed by atoms with Crippen LogP contribution in [-0.2, 0) is 16.0 Å². The zero-order valence-electron chi connectivity index (χ0n) is 14.3. The Morgan fingerprint density at radius 3 is 2.52 bits per heavy atom. The van der Waals surface area contributed by atoms with Crippen molar-refractivity contribution < 1.29 is 19.4 Å². The zero-order chi connectivity index (χ0) is 18.1. The average molecular weight is 341 g/mol. The zero-order valence-corrected chi connectivity index (χ0v) is 14.3. The standard InChI is InChI=1S/C20H23NO4/c1-25-17-9-5-6-15(14-17)10-12-19(22)21-18(11-13-20(23)24)16-7-3-2-4-8-16/h2-9,14,18H,10-13H2,1H3,(H,21,22)(H,23,24). The number of benzene rings is 2. The molecule has 0 fully saturated rings. The predicted molar refractivity (Wildman–Crippen MR) is 95.5 cm³/mol. The van der Waals surface area contributed by atoms with Crippen LogP contribution >= 0.6 is 0 Å². The second kappa shape index (κ2) is 9.47. The molecule has 0 heterocycles. The SMILES string of the molecule is COc1cccc(CCC(=O)NC(CCC(=O)O)c2ccccc2)c1. The Hall–Kier alpha value is -2.82. The van der Waals surface area contributed by atoms with Crippen LogP contribution < -0.4 is 10.1 Å². The Balaban J connectivity index is 1.95. The van der Waals surface area contributed by atoms with Crippen LogP contribution in [0.2, 0.25) is 0 Å². The first-order valence-electron chi connectivity index (χ1n) is 8.27. The highest BCUT2D eigenvalue weighted by atomic mass is 16.5. The number of hydrogen-bond donors (Lipinski definition) is 2. The summed E-state index contributed by atoms with van der Waals surface area (Å²) in [6, 6.07) is 16.8. The topological polar surface area (TPSA) is 75.6 Å². The third-order valence-electron chi connectivity index (χ3n) is 3.96. The van der Waals surface area contributed by atoms with E-state index < -0.39 is 5.97 Å². The molecule has 1 atom stereocenters. The molecule has 5 nitrogen and oxygen atoms in total. The lowest BCUT2D eigenvalue weighted by Gasteiger charge is -2.18. The van der Waals surface area contributed by atoms with Gasteiger partial charge in [0.25, 0.3) is 0 Å². The average Bonchev–Trinajstić information content (AvgIpc) is 2.64. The fourth-order valence-corrected chi connectivity index (χ4v) is 2.63. The van der Waals surface area contributed by atoms with Crippen molar-refractivity contribution in [2.45, 2.75) is 31.7 Å². The molecule has 0 bridgehead atoms. The number of methoxy groups -OCH3 is 1. The van der Waals surface area contributed by atoms with E-state index in [0.717, 1.165) is 16.9 Å². The van der Waals surface area contributed by atoms with Crippen molar-refractivity contribution in [3.05, 3.63) is 65.7 Å². The summed E-state index contributed by atoms with van der Waals surface area (Å²) in [4.78, 5) is 23.2. The van der Waals surface area contributed by atoms with Crippen LogP contribution in [-0.4, -0.2) is 24.1 Å². The number of aliphatic carboxylic acids is 1. The Labute approximate surface area is 147 Å². The number of aryl methyl sites for hydroxylation is 1. The molecule has 5 heteroatoms. The van der Waals surface area contributed by atoms with E-state index in [1.165, 1.54) is 0 Å². The van der Waals surface area contributed by atoms with Gasteiger partial charge in [-0.3, -0.25) is 9.59 Å². The first kappa shape index (κ1) is 18.5. The first-order valence-corrected chi connectivity index (χ1v) is 8.27. The maximum absolute atomic E-state index is 12.3. The number of rotatable bonds is 9. The highest BCUT2D eigenvalue weighted by Gasteiger charge is 2.16. The second-order valence-electron chi connectivity index (χ2n) is 5.81. The summed E-state index contributed by atoms with van der Waals surface area (Å²) < 4.78 is 5.18. The number of amides is 1. The van der Waals surface area contributed by atoms with Gasteiger partial charge >= 0.3 is 5.97 Å². The molecule has 0 aliphatic carbocycles. The Bertz CT molecular complexity index is 700. The summed E-state index contributed by atoms with van der Waals surface area (Å²) in [6.45, 7) is 0. The minimum Gasteiger partial charge on any atom is -0.497 e. The van der Waals surface area contributed by atoms with Gasteiger partial charge in [-0.05, 0) is 36.1 Å². The van der Waals surface area contributed by atoms with Crippen LogP contribution in [0.3, 0.4) is 0 Å². The van der Waals surface area contributed by atoms with Crippen LogP contribution in [0, 0.1) is 0 Å². The number of carbonyl (C=O) groups is 2. The number of carboxylic acids is 1. The maximum atomic E-state index is 12.3. The number of ether oxygens (including phenoxy) is 1. The molecular formula is C20H23NO4. The molecule has 2 aromatic carbocycles. The summed E-state index contributed by atoms with van der Waals surface area (Å²) in [5.41, 5.74) is 1.94. The largest absolute Gasteiger partial charge is 0.497 e. The van der Waals surface area contributed by atoms with Gasteiger partial charge in [0.15, 0.2) is 0 Å². The highest BCUT2D eigenvalue weighted by molar-refractivity contribution is 5.77. The molecule has 1 unspecified atom stereocenters. The van der Waals surface area contributed by atoms with Crippen LogP contribution in [0.1, 0.15) is 36.4 Å². The molecule has 2 aromatic rings. The van der Waals surface area contributed by atoms with Crippen LogP contribution in [0.5, 0.6) is 5.75 Å². The molecule has 1 amide bonds. The van der Waals surface area contributed by atoms with Crippen molar-refractivity contribution in [1.29, 1.82) is 0 Å². The first-order chi connectivity index (χ1) is 12.1. The van der Waals surface area contributed by atoms with Gasteiger partial charge in [0.05, 0.1) is 13.2 Å². The molecule has 2 N–H and O–H groups in total. The predicted octanol–water partition coefficient (Wildman–Crippen LogP) is 3.35. The van der Waals surface area contributed by atoms with Crippen LogP contribution in [0.4, 0.5) is 0 Å². The van der Waals surface area contributed by atoms with Crippen molar-refractivity contribution in [3.63, 3.8) is 0 Å². The smallest absolute Gasteiger partial charge is 0.303 e. The van der Waals surface area contributed by atoms with E-state index in [4.69, 9.17) is 9.84 Å². The van der Waals surface area contributed by atoms with Gasteiger partial charge in [0.2, 0.25) is 5.91 Å². The van der Waals surface area contributed by atoms with Crippen LogP contribution in [0.15, 0.2) is 54.6 Å². The summed E-state index contributed by atoms with van der Waals surface area (Å²) in [7, 11) is 1.61. The van der Waals surface area contributed by atoms with Gasteiger partial charge in [0, 0.05) is 12.8 Å². The van der Waals surface area contributed by atoms with Gasteiger partial charge in [-0.1, -0.05) is 42.5 Å². The van der Waals surface area contributed by atoms with E-state index >= 15 is 0 Å². The van der Waals surface area contributed by atoms with Crippen LogP contribution in [0.25, 0.3) is 0 Å². The summed E-state index contributed by atoms with van der Waals surface area (Å²) in [6.07, 6.45) is 1.31. The Kier molecular flexibility index (Phi) is 7.01. The molecule has 0 aliphatic rings. The molecule has 132 valence electrons. The van der Waals surface area contributed by atoms with Crippen molar-refractivity contribution >= 4 is 11.9 Å². The number of nitrogens with one attached hydrogen (secondary N) is 1. The van der Waals surface area contributed by atoms with Gasteiger partial charge in [0.1, 0.15) is 5.75 Å². The third-order valence-corrected chi connectivity index (χ3v) is 3.96.